The fourth-order valence-corrected chi connectivity index (χ4v) is 3.08. The molecule has 21 heavy (non-hydrogen) atoms. The molecule has 1 aromatic carbocycles. The average Bonchev–Trinajstić information content (AvgIpc) is 2.48. The van der Waals surface area contributed by atoms with Crippen molar-refractivity contribution in [3.05, 3.63) is 46.1 Å². The van der Waals surface area contributed by atoms with E-state index in [1.54, 1.807) is 12.1 Å². The van der Waals surface area contributed by atoms with E-state index in [2.05, 4.69) is 10.2 Å². The van der Waals surface area contributed by atoms with Gasteiger partial charge < -0.3 is 5.11 Å². The summed E-state index contributed by atoms with van der Waals surface area (Å²) in [5.41, 5.74) is 1.76. The highest BCUT2D eigenvalue weighted by atomic mass is 35.5. The number of aromatic nitrogens is 2. The third kappa shape index (κ3) is 3.54. The highest BCUT2D eigenvalue weighted by Gasteiger charge is 2.20. The van der Waals surface area contributed by atoms with Crippen LogP contribution in [0.5, 0.6) is 0 Å². The zero-order chi connectivity index (χ0) is 15.4. The van der Waals surface area contributed by atoms with Crippen molar-refractivity contribution in [2.75, 3.05) is 0 Å². The summed E-state index contributed by atoms with van der Waals surface area (Å²) < 4.78 is 0. The van der Waals surface area contributed by atoms with Gasteiger partial charge in [0.15, 0.2) is 0 Å². The Hall–Kier alpha value is -1.59. The van der Waals surface area contributed by atoms with Crippen LogP contribution in [0.2, 0.25) is 5.02 Å². The Morgan fingerprint density at radius 1 is 1.19 bits per heavy atom. The molecular formula is C15H15ClN2O2S. The zero-order valence-electron chi connectivity index (χ0n) is 11.8. The van der Waals surface area contributed by atoms with Gasteiger partial charge in [-0.3, -0.25) is 0 Å². The molecule has 110 valence electrons. The van der Waals surface area contributed by atoms with Gasteiger partial charge in [-0.15, -0.1) is 5.10 Å². The van der Waals surface area contributed by atoms with E-state index >= 15 is 0 Å². The second-order valence-corrected chi connectivity index (χ2v) is 5.87. The fourth-order valence-electron chi connectivity index (χ4n) is 2.06. The molecule has 0 unspecified atom stereocenters. The minimum absolute atomic E-state index is 0.254. The molecule has 0 aliphatic rings. The molecule has 1 heterocycles. The lowest BCUT2D eigenvalue weighted by Crippen LogP contribution is -2.11. The van der Waals surface area contributed by atoms with Crippen LogP contribution in [0.4, 0.5) is 0 Å². The fraction of sp³-hybridized carbons (Fsp3) is 0.267. The van der Waals surface area contributed by atoms with Crippen LogP contribution < -0.4 is 0 Å². The van der Waals surface area contributed by atoms with Gasteiger partial charge in [0, 0.05) is 9.92 Å². The summed E-state index contributed by atoms with van der Waals surface area (Å²) in [6.45, 7) is 3.88. The molecule has 0 atom stereocenters. The molecule has 0 spiro atoms. The highest BCUT2D eigenvalue weighted by molar-refractivity contribution is 7.99. The maximum atomic E-state index is 11.6. The summed E-state index contributed by atoms with van der Waals surface area (Å²) in [6, 6.07) is 7.19. The standard InChI is InChI=1S/C15H15ClN2O2S/c1-3-11-12(4-2)17-18-14(13(11)15(19)20)21-10-7-5-9(16)6-8-10/h5-8H,3-4H2,1-2H3,(H,19,20). The van der Waals surface area contributed by atoms with E-state index in [0.717, 1.165) is 16.2 Å². The van der Waals surface area contributed by atoms with Gasteiger partial charge in [0.1, 0.15) is 5.03 Å². The summed E-state index contributed by atoms with van der Waals surface area (Å²) in [4.78, 5) is 12.5. The largest absolute Gasteiger partial charge is 0.478 e. The van der Waals surface area contributed by atoms with Crippen LogP contribution in [0, 0.1) is 0 Å². The van der Waals surface area contributed by atoms with Crippen LogP contribution >= 0.6 is 23.4 Å². The number of carbonyl (C=O) groups is 1. The number of hydrogen-bond acceptors (Lipinski definition) is 4. The summed E-state index contributed by atoms with van der Waals surface area (Å²) in [5.74, 6) is -0.965. The van der Waals surface area contributed by atoms with Gasteiger partial charge in [-0.1, -0.05) is 37.2 Å². The Bertz CT molecular complexity index is 659. The molecule has 4 nitrogen and oxygen atoms in total. The van der Waals surface area contributed by atoms with E-state index in [-0.39, 0.29) is 5.56 Å². The van der Waals surface area contributed by atoms with E-state index in [4.69, 9.17) is 11.6 Å². The van der Waals surface area contributed by atoms with Gasteiger partial charge in [0.2, 0.25) is 0 Å². The van der Waals surface area contributed by atoms with Gasteiger partial charge in [0.25, 0.3) is 0 Å². The molecule has 2 rings (SSSR count). The molecule has 0 amide bonds. The quantitative estimate of drug-likeness (QED) is 0.897. The summed E-state index contributed by atoms with van der Waals surface area (Å²) in [7, 11) is 0. The Kier molecular flexibility index (Phi) is 5.20. The summed E-state index contributed by atoms with van der Waals surface area (Å²) in [5, 5.41) is 18.8. The Morgan fingerprint density at radius 2 is 1.86 bits per heavy atom. The molecule has 0 fully saturated rings. The molecule has 6 heteroatoms. The van der Waals surface area contributed by atoms with Crippen LogP contribution in [-0.2, 0) is 12.8 Å². The smallest absolute Gasteiger partial charge is 0.338 e. The van der Waals surface area contributed by atoms with Crippen molar-refractivity contribution >= 4 is 29.3 Å². The summed E-state index contributed by atoms with van der Waals surface area (Å²) in [6.07, 6.45) is 1.29. The van der Waals surface area contributed by atoms with Crippen LogP contribution in [-0.4, -0.2) is 21.3 Å². The van der Waals surface area contributed by atoms with Gasteiger partial charge >= 0.3 is 5.97 Å². The number of carboxylic acids is 1. The lowest BCUT2D eigenvalue weighted by Gasteiger charge is -2.11. The van der Waals surface area contributed by atoms with Crippen molar-refractivity contribution in [1.29, 1.82) is 0 Å². The van der Waals surface area contributed by atoms with Crippen LogP contribution in [0.3, 0.4) is 0 Å². The zero-order valence-corrected chi connectivity index (χ0v) is 13.3. The maximum Gasteiger partial charge on any atom is 0.338 e. The minimum atomic E-state index is -0.965. The van der Waals surface area contributed by atoms with Crippen molar-refractivity contribution in [3.63, 3.8) is 0 Å². The van der Waals surface area contributed by atoms with E-state index in [9.17, 15) is 9.90 Å². The number of aromatic carboxylic acids is 1. The van der Waals surface area contributed by atoms with Crippen molar-refractivity contribution in [1.82, 2.24) is 10.2 Å². The molecule has 0 bridgehead atoms. The van der Waals surface area contributed by atoms with Gasteiger partial charge in [-0.2, -0.15) is 5.10 Å². The average molecular weight is 323 g/mol. The molecule has 0 saturated carbocycles. The number of hydrogen-bond donors (Lipinski definition) is 1. The Morgan fingerprint density at radius 3 is 2.38 bits per heavy atom. The number of benzene rings is 1. The van der Waals surface area contributed by atoms with E-state index in [1.807, 2.05) is 26.0 Å². The summed E-state index contributed by atoms with van der Waals surface area (Å²) >= 11 is 7.14. The van der Waals surface area contributed by atoms with E-state index in [0.29, 0.717) is 22.9 Å². The van der Waals surface area contributed by atoms with Crippen molar-refractivity contribution in [2.24, 2.45) is 0 Å². The first-order valence-electron chi connectivity index (χ1n) is 6.61. The first-order valence-corrected chi connectivity index (χ1v) is 7.81. The lowest BCUT2D eigenvalue weighted by atomic mass is 10.0. The number of nitrogens with zero attached hydrogens (tertiary/aromatic N) is 2. The highest BCUT2D eigenvalue weighted by Crippen LogP contribution is 2.31. The van der Waals surface area contributed by atoms with Gasteiger partial charge in [0.05, 0.1) is 11.3 Å². The predicted molar refractivity (Wildman–Crippen MR) is 83.3 cm³/mol. The third-order valence-electron chi connectivity index (χ3n) is 3.06. The van der Waals surface area contributed by atoms with Crippen molar-refractivity contribution < 1.29 is 9.90 Å². The molecule has 0 radical (unpaired) electrons. The molecule has 0 saturated heterocycles. The molecule has 0 aliphatic heterocycles. The molecule has 1 N–H and O–H groups in total. The van der Waals surface area contributed by atoms with Crippen LogP contribution in [0.1, 0.15) is 35.5 Å². The Labute approximate surface area is 132 Å². The number of halogens is 1. The van der Waals surface area contributed by atoms with Crippen molar-refractivity contribution in [2.45, 2.75) is 36.6 Å². The molecular weight excluding hydrogens is 308 g/mol. The monoisotopic (exact) mass is 322 g/mol. The Balaban J connectivity index is 2.48. The van der Waals surface area contributed by atoms with Crippen LogP contribution in [0.15, 0.2) is 34.2 Å². The van der Waals surface area contributed by atoms with Crippen LogP contribution in [0.25, 0.3) is 0 Å². The normalized spacial score (nSPS) is 10.6. The topological polar surface area (TPSA) is 63.1 Å². The molecule has 2 aromatic rings. The predicted octanol–water partition coefficient (Wildman–Crippen LogP) is 4.10. The van der Waals surface area contributed by atoms with E-state index < -0.39 is 5.97 Å². The van der Waals surface area contributed by atoms with Gasteiger partial charge in [-0.25, -0.2) is 4.79 Å². The first kappa shape index (κ1) is 15.8. The number of rotatable bonds is 5. The number of aryl methyl sites for hydroxylation is 1. The second-order valence-electron chi connectivity index (χ2n) is 4.37. The second kappa shape index (κ2) is 6.91. The van der Waals surface area contributed by atoms with Gasteiger partial charge in [-0.05, 0) is 42.7 Å². The lowest BCUT2D eigenvalue weighted by molar-refractivity contribution is 0.0690. The third-order valence-corrected chi connectivity index (χ3v) is 4.29. The van der Waals surface area contributed by atoms with E-state index in [1.165, 1.54) is 11.8 Å². The first-order chi connectivity index (χ1) is 10.1. The number of carboxylic acid groups (broad SMARTS) is 1. The SMILES string of the molecule is CCc1nnc(Sc2ccc(Cl)cc2)c(C(=O)O)c1CC. The minimum Gasteiger partial charge on any atom is -0.478 e. The molecule has 1 aromatic heterocycles. The maximum absolute atomic E-state index is 11.6. The molecule has 0 aliphatic carbocycles. The van der Waals surface area contributed by atoms with Crippen molar-refractivity contribution in [3.8, 4) is 0 Å².